The fourth-order valence-electron chi connectivity index (χ4n) is 1.66. The summed E-state index contributed by atoms with van der Waals surface area (Å²) in [6.45, 7) is 0.497. The van der Waals surface area contributed by atoms with Crippen molar-refractivity contribution in [2.75, 3.05) is 7.05 Å². The van der Waals surface area contributed by atoms with Crippen molar-refractivity contribution in [2.45, 2.75) is 6.54 Å². The number of halogens is 2. The summed E-state index contributed by atoms with van der Waals surface area (Å²) < 4.78 is 1.05. The van der Waals surface area contributed by atoms with E-state index in [-0.39, 0.29) is 5.91 Å². The first kappa shape index (κ1) is 15.3. The summed E-state index contributed by atoms with van der Waals surface area (Å²) >= 11 is 11.1. The van der Waals surface area contributed by atoms with Crippen molar-refractivity contribution in [3.63, 3.8) is 0 Å². The fourth-order valence-corrected chi connectivity index (χ4v) is 3.18. The Labute approximate surface area is 135 Å². The van der Waals surface area contributed by atoms with Crippen LogP contribution in [0.15, 0.2) is 46.3 Å². The monoisotopic (exact) mass is 369 g/mol. The van der Waals surface area contributed by atoms with Crippen molar-refractivity contribution >= 4 is 50.9 Å². The number of carbonyl (C=O) groups excluding carboxylic acids is 1. The van der Waals surface area contributed by atoms with Crippen molar-refractivity contribution in [3.8, 4) is 0 Å². The Morgan fingerprint density at radius 2 is 2.10 bits per heavy atom. The van der Waals surface area contributed by atoms with Gasteiger partial charge in [-0.15, -0.1) is 11.3 Å². The highest BCUT2D eigenvalue weighted by Gasteiger charge is 2.08. The maximum atomic E-state index is 12.0. The number of rotatable bonds is 4. The predicted molar refractivity (Wildman–Crippen MR) is 89.0 cm³/mol. The van der Waals surface area contributed by atoms with Gasteiger partial charge in [0, 0.05) is 29.6 Å². The zero-order valence-electron chi connectivity index (χ0n) is 10.8. The molecule has 2 nitrogen and oxygen atoms in total. The first-order chi connectivity index (χ1) is 9.56. The van der Waals surface area contributed by atoms with Crippen molar-refractivity contribution in [1.82, 2.24) is 4.90 Å². The largest absolute Gasteiger partial charge is 0.338 e. The molecule has 5 heteroatoms. The summed E-state index contributed by atoms with van der Waals surface area (Å²) in [5.41, 5.74) is 0.942. The molecule has 0 N–H and O–H groups in total. The maximum absolute atomic E-state index is 12.0. The SMILES string of the molecule is CN(Cc1ccccc1Cl)C(=O)/C=C/c1ccc(Br)s1. The van der Waals surface area contributed by atoms with Crippen LogP contribution in [0, 0.1) is 0 Å². The number of carbonyl (C=O) groups is 1. The molecule has 0 aliphatic heterocycles. The minimum absolute atomic E-state index is 0.0468. The smallest absolute Gasteiger partial charge is 0.246 e. The van der Waals surface area contributed by atoms with E-state index < -0.39 is 0 Å². The van der Waals surface area contributed by atoms with Crippen LogP contribution in [0.3, 0.4) is 0 Å². The van der Waals surface area contributed by atoms with E-state index in [2.05, 4.69) is 15.9 Å². The Morgan fingerprint density at radius 1 is 1.35 bits per heavy atom. The number of benzene rings is 1. The molecule has 104 valence electrons. The molecule has 20 heavy (non-hydrogen) atoms. The highest BCUT2D eigenvalue weighted by atomic mass is 79.9. The van der Waals surface area contributed by atoms with Crippen LogP contribution in [-0.2, 0) is 11.3 Å². The lowest BCUT2D eigenvalue weighted by Crippen LogP contribution is -2.24. The summed E-state index contributed by atoms with van der Waals surface area (Å²) in [5.74, 6) is -0.0468. The minimum Gasteiger partial charge on any atom is -0.338 e. The van der Waals surface area contributed by atoms with E-state index in [0.717, 1.165) is 14.2 Å². The summed E-state index contributed by atoms with van der Waals surface area (Å²) in [6, 6.07) is 11.5. The number of likely N-dealkylation sites (N-methyl/N-ethyl adjacent to an activating group) is 1. The normalized spacial score (nSPS) is 10.9. The van der Waals surface area contributed by atoms with Gasteiger partial charge in [-0.2, -0.15) is 0 Å². The van der Waals surface area contributed by atoms with Gasteiger partial charge in [-0.25, -0.2) is 0 Å². The molecular weight excluding hydrogens is 358 g/mol. The van der Waals surface area contributed by atoms with Gasteiger partial charge in [-0.3, -0.25) is 4.79 Å². The van der Waals surface area contributed by atoms with Gasteiger partial charge in [0.1, 0.15) is 0 Å². The van der Waals surface area contributed by atoms with Crippen LogP contribution in [0.4, 0.5) is 0 Å². The molecule has 0 aliphatic rings. The lowest BCUT2D eigenvalue weighted by Gasteiger charge is -2.15. The molecule has 0 fully saturated rings. The van der Waals surface area contributed by atoms with E-state index >= 15 is 0 Å². The van der Waals surface area contributed by atoms with Crippen molar-refractivity contribution < 1.29 is 4.79 Å². The lowest BCUT2D eigenvalue weighted by atomic mass is 10.2. The quantitative estimate of drug-likeness (QED) is 0.705. The second-order valence-corrected chi connectivity index (χ2v) is 7.16. The Morgan fingerprint density at radius 3 is 2.75 bits per heavy atom. The first-order valence-corrected chi connectivity index (χ1v) is 7.97. The Balaban J connectivity index is 1.99. The van der Waals surface area contributed by atoms with E-state index in [1.807, 2.05) is 42.5 Å². The van der Waals surface area contributed by atoms with E-state index in [1.54, 1.807) is 29.4 Å². The van der Waals surface area contributed by atoms with Gasteiger partial charge in [0.15, 0.2) is 0 Å². The molecule has 0 bridgehead atoms. The molecular formula is C15H13BrClNOS. The first-order valence-electron chi connectivity index (χ1n) is 5.98. The standard InChI is InChI=1S/C15H13BrClNOS/c1-18(10-11-4-2-3-5-13(11)17)15(19)9-7-12-6-8-14(16)20-12/h2-9H,10H2,1H3/b9-7+. The van der Waals surface area contributed by atoms with Gasteiger partial charge < -0.3 is 4.90 Å². The molecule has 0 aliphatic carbocycles. The predicted octanol–water partition coefficient (Wildman–Crippen LogP) is 4.84. The molecule has 0 unspecified atom stereocenters. The Kier molecular flexibility index (Phi) is 5.40. The zero-order chi connectivity index (χ0) is 14.5. The zero-order valence-corrected chi connectivity index (χ0v) is 14.0. The third-order valence-electron chi connectivity index (χ3n) is 2.73. The lowest BCUT2D eigenvalue weighted by molar-refractivity contribution is -0.125. The van der Waals surface area contributed by atoms with Gasteiger partial charge in [0.25, 0.3) is 0 Å². The molecule has 2 aromatic rings. The second kappa shape index (κ2) is 7.07. The number of nitrogens with zero attached hydrogens (tertiary/aromatic N) is 1. The third-order valence-corrected chi connectivity index (χ3v) is 4.68. The van der Waals surface area contributed by atoms with Gasteiger partial charge in [0.2, 0.25) is 5.91 Å². The maximum Gasteiger partial charge on any atom is 0.246 e. The summed E-state index contributed by atoms with van der Waals surface area (Å²) in [5, 5.41) is 0.679. The van der Waals surface area contributed by atoms with Crippen molar-refractivity contribution in [2.24, 2.45) is 0 Å². The van der Waals surface area contributed by atoms with Gasteiger partial charge >= 0.3 is 0 Å². The molecule has 0 radical (unpaired) electrons. The van der Waals surface area contributed by atoms with Crippen LogP contribution >= 0.6 is 38.9 Å². The van der Waals surface area contributed by atoms with E-state index in [4.69, 9.17) is 11.6 Å². The molecule has 0 atom stereocenters. The van der Waals surface area contributed by atoms with E-state index in [1.165, 1.54) is 0 Å². The molecule has 1 aromatic carbocycles. The highest BCUT2D eigenvalue weighted by Crippen LogP contribution is 2.23. The van der Waals surface area contributed by atoms with Crippen molar-refractivity contribution in [1.29, 1.82) is 0 Å². The number of amides is 1. The van der Waals surface area contributed by atoms with Crippen LogP contribution in [-0.4, -0.2) is 17.9 Å². The van der Waals surface area contributed by atoms with Gasteiger partial charge in [0.05, 0.1) is 3.79 Å². The minimum atomic E-state index is -0.0468. The van der Waals surface area contributed by atoms with E-state index in [9.17, 15) is 4.79 Å². The second-order valence-electron chi connectivity index (χ2n) is 4.26. The molecule has 1 heterocycles. The fraction of sp³-hybridized carbons (Fsp3) is 0.133. The topological polar surface area (TPSA) is 20.3 Å². The average Bonchev–Trinajstić information content (AvgIpc) is 2.84. The van der Waals surface area contributed by atoms with Gasteiger partial charge in [-0.1, -0.05) is 29.8 Å². The number of thiophene rings is 1. The molecule has 0 saturated heterocycles. The van der Waals surface area contributed by atoms with Crippen LogP contribution < -0.4 is 0 Å². The number of hydrogen-bond acceptors (Lipinski definition) is 2. The summed E-state index contributed by atoms with van der Waals surface area (Å²) in [4.78, 5) is 14.7. The highest BCUT2D eigenvalue weighted by molar-refractivity contribution is 9.11. The Hall–Kier alpha value is -1.10. The molecule has 0 spiro atoms. The summed E-state index contributed by atoms with van der Waals surface area (Å²) in [7, 11) is 1.76. The molecule has 1 aromatic heterocycles. The van der Waals surface area contributed by atoms with Crippen LogP contribution in [0.2, 0.25) is 5.02 Å². The van der Waals surface area contributed by atoms with Gasteiger partial charge in [-0.05, 0) is 45.8 Å². The van der Waals surface area contributed by atoms with Crippen LogP contribution in [0.1, 0.15) is 10.4 Å². The number of hydrogen-bond donors (Lipinski definition) is 0. The van der Waals surface area contributed by atoms with Crippen LogP contribution in [0.5, 0.6) is 0 Å². The average molecular weight is 371 g/mol. The van der Waals surface area contributed by atoms with Crippen LogP contribution in [0.25, 0.3) is 6.08 Å². The molecule has 0 saturated carbocycles. The third kappa shape index (κ3) is 4.20. The summed E-state index contributed by atoms with van der Waals surface area (Å²) in [6.07, 6.45) is 3.40. The molecule has 1 amide bonds. The molecule has 2 rings (SSSR count). The van der Waals surface area contributed by atoms with E-state index in [0.29, 0.717) is 11.6 Å². The van der Waals surface area contributed by atoms with Crippen molar-refractivity contribution in [3.05, 3.63) is 61.7 Å². The Bertz CT molecular complexity index is 638.